The van der Waals surface area contributed by atoms with Crippen LogP contribution < -0.4 is 45.9 Å². The van der Waals surface area contributed by atoms with Gasteiger partial charge < -0.3 is 30.0 Å². The molecule has 1 amide bonds. The zero-order valence-corrected chi connectivity index (χ0v) is 29.6. The Balaban J connectivity index is 0.00000625. The molecule has 0 saturated heterocycles. The molecule has 250 valence electrons. The van der Waals surface area contributed by atoms with Gasteiger partial charge >= 0.3 is 29.6 Å². The third-order valence-electron chi connectivity index (χ3n) is 7.51. The molecule has 5 N–H and O–H groups in total. The molecule has 3 aromatic carbocycles. The Labute approximate surface area is 303 Å². The predicted molar refractivity (Wildman–Crippen MR) is 170 cm³/mol. The van der Waals surface area contributed by atoms with E-state index in [0.717, 1.165) is 22.5 Å². The van der Waals surface area contributed by atoms with Gasteiger partial charge in [-0.25, -0.2) is 8.78 Å². The number of aliphatic hydroxyl groups is 2. The number of hydrogen-bond donors (Lipinski definition) is 4. The number of carboxylic acid groups (broad SMARTS) is 1. The number of aromatic nitrogens is 1. The molecule has 0 aliphatic rings. The van der Waals surface area contributed by atoms with Crippen LogP contribution in [0.2, 0.25) is 0 Å². The summed E-state index contributed by atoms with van der Waals surface area (Å²) in [6.07, 6.45) is -2.86. The summed E-state index contributed by atoms with van der Waals surface area (Å²) in [7, 11) is 0. The smallest absolute Gasteiger partial charge is 0.550 e. The molecule has 10 nitrogen and oxygen atoms in total. The fourth-order valence-corrected chi connectivity index (χ4v) is 5.87. The second kappa shape index (κ2) is 18.6. The fourth-order valence-electron chi connectivity index (χ4n) is 5.50. The second-order valence-electron chi connectivity index (χ2n) is 11.3. The van der Waals surface area contributed by atoms with Gasteiger partial charge in [0.25, 0.3) is 5.91 Å². The van der Waals surface area contributed by atoms with Gasteiger partial charge in [-0.15, -0.1) is 9.32 Å². The fraction of sp³-hybridized carbons (Fsp3) is 0.294. The maximum absolute atomic E-state index is 14.2. The van der Waals surface area contributed by atoms with Crippen LogP contribution in [0.15, 0.2) is 77.7 Å². The number of benzene rings is 3. The van der Waals surface area contributed by atoms with E-state index in [1.807, 2.05) is 18.4 Å². The molecule has 0 bridgehead atoms. The van der Waals surface area contributed by atoms with Crippen LogP contribution in [0.4, 0.5) is 8.78 Å². The van der Waals surface area contributed by atoms with Crippen LogP contribution >= 0.6 is 12.0 Å². The topological polar surface area (TPSA) is 159 Å². The van der Waals surface area contributed by atoms with Gasteiger partial charge in [-0.1, -0.05) is 36.4 Å². The standard InChI is InChI=1S/C34H37F2N3O7S.Na/c1-20(2)39-29(16-13-26(40)17-27(41)18-30(42)43)31(22-5-9-24(35)10-6-22)32(23-7-11-25(36)12-8-23)33(39)34(44)38-19-21-3-14-28(15-4-21)47-46-45-37;/h3-12,14-15,20,26-27,40-41H,13,16-19,37H2,1-2H3,(H,38,44)(H,42,43);/q;+1/p-1/t26-,27-;/m1./s1. The molecule has 0 radical (unpaired) electrons. The molecule has 2 atom stereocenters. The van der Waals surface area contributed by atoms with Gasteiger partial charge in [0, 0.05) is 46.7 Å². The van der Waals surface area contributed by atoms with E-state index in [4.69, 9.17) is 5.90 Å². The summed E-state index contributed by atoms with van der Waals surface area (Å²) >= 11 is 0.923. The summed E-state index contributed by atoms with van der Waals surface area (Å²) in [6.45, 7) is 3.96. The van der Waals surface area contributed by atoms with Gasteiger partial charge in [-0.05, 0) is 86.2 Å². The van der Waals surface area contributed by atoms with Crippen molar-refractivity contribution in [1.29, 1.82) is 0 Å². The number of carboxylic acids is 1. The van der Waals surface area contributed by atoms with Gasteiger partial charge in [0.1, 0.15) is 17.3 Å². The Hall–Kier alpha value is -3.11. The maximum atomic E-state index is 14.2. The van der Waals surface area contributed by atoms with Gasteiger partial charge in [-0.2, -0.15) is 5.90 Å². The van der Waals surface area contributed by atoms with E-state index in [9.17, 15) is 33.7 Å². The normalized spacial score (nSPS) is 12.4. The summed E-state index contributed by atoms with van der Waals surface area (Å²) in [6, 6.07) is 18.4. The number of rotatable bonds is 16. The molecule has 0 saturated carbocycles. The number of nitrogens with two attached hydrogens (primary N) is 1. The number of hydrogen-bond acceptors (Lipinski definition) is 9. The summed E-state index contributed by atoms with van der Waals surface area (Å²) in [5, 5.41) is 34.7. The van der Waals surface area contributed by atoms with Crippen LogP contribution in [0, 0.1) is 11.6 Å². The number of nitrogens with zero attached hydrogens (tertiary/aromatic N) is 1. The number of carbonyl (C=O) groups is 2. The van der Waals surface area contributed by atoms with Gasteiger partial charge in [0.15, 0.2) is 0 Å². The Morgan fingerprint density at radius 2 is 1.48 bits per heavy atom. The number of amides is 1. The van der Waals surface area contributed by atoms with Crippen LogP contribution in [0.25, 0.3) is 22.3 Å². The van der Waals surface area contributed by atoms with E-state index >= 15 is 0 Å². The first-order chi connectivity index (χ1) is 22.5. The first-order valence-corrected chi connectivity index (χ1v) is 15.6. The molecular formula is C34H36F2N3NaO7S. The minimum Gasteiger partial charge on any atom is -0.550 e. The van der Waals surface area contributed by atoms with E-state index in [1.165, 1.54) is 24.3 Å². The first-order valence-electron chi connectivity index (χ1n) is 14.9. The number of aliphatic carboxylic acids is 1. The van der Waals surface area contributed by atoms with Gasteiger partial charge in [-0.3, -0.25) is 4.79 Å². The van der Waals surface area contributed by atoms with Crippen molar-refractivity contribution in [2.75, 3.05) is 0 Å². The van der Waals surface area contributed by atoms with Crippen molar-refractivity contribution >= 4 is 23.9 Å². The van der Waals surface area contributed by atoms with E-state index in [-0.39, 0.29) is 67.1 Å². The summed E-state index contributed by atoms with van der Waals surface area (Å²) < 4.78 is 34.7. The molecule has 0 unspecified atom stereocenters. The van der Waals surface area contributed by atoms with Crippen molar-refractivity contribution in [3.8, 4) is 22.3 Å². The molecule has 4 rings (SSSR count). The number of carbonyl (C=O) groups excluding carboxylic acids is 2. The minimum atomic E-state index is -1.43. The van der Waals surface area contributed by atoms with Crippen molar-refractivity contribution in [3.05, 3.63) is 101 Å². The molecule has 14 heteroatoms. The van der Waals surface area contributed by atoms with E-state index in [0.29, 0.717) is 27.9 Å². The molecule has 48 heavy (non-hydrogen) atoms. The predicted octanol–water partition coefficient (Wildman–Crippen LogP) is 1.63. The molecule has 0 aliphatic carbocycles. The van der Waals surface area contributed by atoms with Crippen LogP contribution in [0.3, 0.4) is 0 Å². The van der Waals surface area contributed by atoms with Gasteiger partial charge in [0.2, 0.25) is 0 Å². The monoisotopic (exact) mass is 691 g/mol. The molecule has 4 aromatic rings. The quantitative estimate of drug-likeness (QED) is 0.0593. The van der Waals surface area contributed by atoms with E-state index in [1.54, 1.807) is 48.5 Å². The summed E-state index contributed by atoms with van der Waals surface area (Å²) in [5.41, 5.74) is 3.96. The summed E-state index contributed by atoms with van der Waals surface area (Å²) in [4.78, 5) is 29.9. The van der Waals surface area contributed by atoms with Crippen molar-refractivity contribution in [3.63, 3.8) is 0 Å². The second-order valence-corrected chi connectivity index (χ2v) is 12.0. The van der Waals surface area contributed by atoms with Crippen molar-refractivity contribution in [2.24, 2.45) is 5.90 Å². The van der Waals surface area contributed by atoms with E-state index in [2.05, 4.69) is 14.6 Å². The average Bonchev–Trinajstić information content (AvgIpc) is 3.38. The number of halogens is 2. The minimum absolute atomic E-state index is 0. The van der Waals surface area contributed by atoms with Gasteiger partial charge in [0.05, 0.1) is 24.3 Å². The Morgan fingerprint density at radius 1 is 0.917 bits per heavy atom. The van der Waals surface area contributed by atoms with Crippen molar-refractivity contribution in [1.82, 2.24) is 9.88 Å². The number of nitrogens with one attached hydrogen (secondary N) is 1. The Bertz CT molecular complexity index is 1650. The Morgan fingerprint density at radius 3 is 2.00 bits per heavy atom. The zero-order valence-electron chi connectivity index (χ0n) is 26.8. The molecule has 0 spiro atoms. The third kappa shape index (κ3) is 10.4. The van der Waals surface area contributed by atoms with Crippen molar-refractivity contribution in [2.45, 2.75) is 69.2 Å². The van der Waals surface area contributed by atoms with Crippen LogP contribution in [0.1, 0.15) is 60.9 Å². The van der Waals surface area contributed by atoms with Crippen LogP contribution in [-0.2, 0) is 27.1 Å². The maximum Gasteiger partial charge on any atom is 1.00 e. The van der Waals surface area contributed by atoms with E-state index < -0.39 is 42.1 Å². The molecule has 1 aromatic heterocycles. The third-order valence-corrected chi connectivity index (χ3v) is 8.12. The summed E-state index contributed by atoms with van der Waals surface area (Å²) in [5.74, 6) is 2.12. The largest absolute Gasteiger partial charge is 1.00 e. The van der Waals surface area contributed by atoms with Crippen molar-refractivity contribution < 1.29 is 72.6 Å². The Kier molecular flexibility index (Phi) is 15.2. The number of aliphatic hydroxyl groups excluding tert-OH is 2. The SMILES string of the molecule is CC(C)n1c(CC[C@@H](O)C[C@@H](O)CC(=O)[O-])c(-c2ccc(F)cc2)c(-c2ccc(F)cc2)c1C(=O)NCc1ccc(SOON)cc1.[Na+]. The molecule has 0 aliphatic heterocycles. The molecular weight excluding hydrogens is 655 g/mol. The first kappa shape index (κ1) is 39.3. The zero-order chi connectivity index (χ0) is 34.1. The van der Waals surface area contributed by atoms with Crippen LogP contribution in [-0.4, -0.2) is 38.9 Å². The molecule has 1 heterocycles. The average molecular weight is 692 g/mol. The molecule has 0 fully saturated rings. The van der Waals surface area contributed by atoms with Crippen LogP contribution in [0.5, 0.6) is 0 Å².